The van der Waals surface area contributed by atoms with Crippen molar-refractivity contribution in [3.8, 4) is 0 Å². The van der Waals surface area contributed by atoms with Gasteiger partial charge in [-0.1, -0.05) is 46.2 Å². The Morgan fingerprint density at radius 3 is 2.55 bits per heavy atom. The number of anilines is 1. The molecule has 1 saturated carbocycles. The van der Waals surface area contributed by atoms with Gasteiger partial charge in [-0.25, -0.2) is 4.98 Å². The number of carbonyl (C=O) groups is 3. The van der Waals surface area contributed by atoms with Crippen molar-refractivity contribution in [2.75, 3.05) is 11.9 Å². The van der Waals surface area contributed by atoms with Crippen LogP contribution < -0.4 is 21.9 Å². The minimum atomic E-state index is -1.12. The van der Waals surface area contributed by atoms with Gasteiger partial charge in [0.15, 0.2) is 5.13 Å². The topological polar surface area (TPSA) is 150 Å². The van der Waals surface area contributed by atoms with E-state index < -0.39 is 35.4 Å². The molecule has 2 aromatic heterocycles. The number of aromatic nitrogens is 2. The standard InChI is InChI=1S/C31H40N6O4S/c1-15-8-9-20-17(10-15)11-18(26(39)34-20)12-21(25(32)38)35-27(40)23-22-19(31(22,6)7)14-37(23)28(41)24(30(3,4)5)36-29-33-13-16(2)42-29/h8-11,13,19,21-24H,12,14H2,1-7H3,(H2,32,38)(H,33,36)(H,34,39)(H,35,40)/t19-,21?,22-,23-,24+/m0/s1. The van der Waals surface area contributed by atoms with Crippen LogP contribution in [0.5, 0.6) is 0 Å². The molecule has 0 spiro atoms. The summed E-state index contributed by atoms with van der Waals surface area (Å²) in [5.41, 5.74) is 6.87. The number of rotatable bonds is 8. The minimum absolute atomic E-state index is 0.0512. The Kier molecular flexibility index (Phi) is 7.45. The number of hydrogen-bond acceptors (Lipinski definition) is 7. The number of nitrogens with zero attached hydrogens (tertiary/aromatic N) is 2. The number of carbonyl (C=O) groups excluding carboxylic acids is 3. The van der Waals surface area contributed by atoms with E-state index >= 15 is 0 Å². The number of pyridine rings is 1. The van der Waals surface area contributed by atoms with Crippen molar-refractivity contribution in [2.24, 2.45) is 28.4 Å². The molecule has 3 heterocycles. The second kappa shape index (κ2) is 10.5. The number of amides is 3. The van der Waals surface area contributed by atoms with Crippen LogP contribution in [0.2, 0.25) is 0 Å². The average Bonchev–Trinajstić information content (AvgIpc) is 3.25. The molecule has 5 rings (SSSR count). The van der Waals surface area contributed by atoms with Gasteiger partial charge in [-0.2, -0.15) is 0 Å². The molecule has 5 N–H and O–H groups in total. The number of nitrogens with two attached hydrogens (primary N) is 1. The van der Waals surface area contributed by atoms with Gasteiger partial charge in [0.05, 0.1) is 0 Å². The Labute approximate surface area is 249 Å². The van der Waals surface area contributed by atoms with E-state index in [4.69, 9.17) is 5.73 Å². The highest BCUT2D eigenvalue weighted by atomic mass is 32.1. The SMILES string of the molecule is Cc1ccc2[nH]c(=O)c(CC(NC(=O)[C@@H]3[C@@H]4[C@H](CN3C(=O)[C@@H](Nc3ncc(C)s3)C(C)(C)C)C4(C)C)C(N)=O)cc2c1. The Morgan fingerprint density at radius 1 is 1.21 bits per heavy atom. The zero-order valence-electron chi connectivity index (χ0n) is 25.2. The number of H-pyrrole nitrogens is 1. The zero-order valence-corrected chi connectivity index (χ0v) is 26.0. The van der Waals surface area contributed by atoms with Crippen LogP contribution in [-0.4, -0.2) is 57.3 Å². The van der Waals surface area contributed by atoms with Crippen molar-refractivity contribution in [1.82, 2.24) is 20.2 Å². The summed E-state index contributed by atoms with van der Waals surface area (Å²) in [6.07, 6.45) is 1.70. The predicted octanol–water partition coefficient (Wildman–Crippen LogP) is 3.12. The molecular formula is C31H40N6O4S. The molecule has 42 heavy (non-hydrogen) atoms. The van der Waals surface area contributed by atoms with E-state index in [1.165, 1.54) is 11.3 Å². The lowest BCUT2D eigenvalue weighted by atomic mass is 9.85. The van der Waals surface area contributed by atoms with Crippen LogP contribution in [-0.2, 0) is 20.8 Å². The first-order valence-electron chi connectivity index (χ1n) is 14.3. The van der Waals surface area contributed by atoms with Crippen LogP contribution in [0.3, 0.4) is 0 Å². The molecule has 2 fully saturated rings. The average molecular weight is 593 g/mol. The van der Waals surface area contributed by atoms with Gasteiger partial charge < -0.3 is 26.3 Å². The second-order valence-corrected chi connectivity index (χ2v) is 14.7. The lowest BCUT2D eigenvalue weighted by Crippen LogP contribution is -2.58. The fourth-order valence-electron chi connectivity index (χ4n) is 6.40. The first-order chi connectivity index (χ1) is 19.6. The molecule has 1 aliphatic carbocycles. The van der Waals surface area contributed by atoms with Gasteiger partial charge in [0.2, 0.25) is 17.7 Å². The number of primary amides is 1. The molecule has 11 heteroatoms. The Morgan fingerprint density at radius 2 is 1.93 bits per heavy atom. The maximum atomic E-state index is 14.1. The van der Waals surface area contributed by atoms with E-state index in [-0.39, 0.29) is 35.1 Å². The number of thiazole rings is 1. The third-order valence-electron chi connectivity index (χ3n) is 8.92. The minimum Gasteiger partial charge on any atom is -0.368 e. The largest absolute Gasteiger partial charge is 0.368 e. The number of piperidine rings is 1. The van der Waals surface area contributed by atoms with Crippen molar-refractivity contribution in [2.45, 2.75) is 73.0 Å². The molecule has 1 aromatic carbocycles. The van der Waals surface area contributed by atoms with Crippen molar-refractivity contribution >= 4 is 45.1 Å². The molecule has 0 bridgehead atoms. The van der Waals surface area contributed by atoms with Gasteiger partial charge >= 0.3 is 0 Å². The zero-order chi connectivity index (χ0) is 30.7. The summed E-state index contributed by atoms with van der Waals surface area (Å²) in [6.45, 7) is 14.5. The molecule has 1 saturated heterocycles. The van der Waals surface area contributed by atoms with Crippen LogP contribution in [0.4, 0.5) is 5.13 Å². The van der Waals surface area contributed by atoms with Crippen LogP contribution in [0.1, 0.15) is 50.6 Å². The van der Waals surface area contributed by atoms with Gasteiger partial charge in [-0.15, -0.1) is 11.3 Å². The van der Waals surface area contributed by atoms with E-state index in [0.717, 1.165) is 15.8 Å². The summed E-state index contributed by atoms with van der Waals surface area (Å²) in [4.78, 5) is 63.4. The van der Waals surface area contributed by atoms with Gasteiger partial charge in [-0.05, 0) is 60.1 Å². The molecule has 1 unspecified atom stereocenters. The van der Waals surface area contributed by atoms with Crippen LogP contribution >= 0.6 is 11.3 Å². The van der Waals surface area contributed by atoms with Gasteiger partial charge in [0.25, 0.3) is 5.56 Å². The highest BCUT2D eigenvalue weighted by molar-refractivity contribution is 7.15. The predicted molar refractivity (Wildman–Crippen MR) is 164 cm³/mol. The molecule has 224 valence electrons. The normalized spacial score (nSPS) is 22.4. The van der Waals surface area contributed by atoms with Gasteiger partial charge in [-0.3, -0.25) is 19.2 Å². The van der Waals surface area contributed by atoms with Crippen LogP contribution in [0.25, 0.3) is 10.9 Å². The molecule has 1 aliphatic heterocycles. The molecule has 10 nitrogen and oxygen atoms in total. The number of benzene rings is 1. The highest BCUT2D eigenvalue weighted by Crippen LogP contribution is 2.65. The van der Waals surface area contributed by atoms with Gasteiger partial charge in [0.1, 0.15) is 18.1 Å². The molecule has 3 aromatic rings. The van der Waals surface area contributed by atoms with Crippen LogP contribution in [0, 0.1) is 36.5 Å². The maximum absolute atomic E-state index is 14.1. The summed E-state index contributed by atoms with van der Waals surface area (Å²) >= 11 is 1.47. The number of aromatic amines is 1. The smallest absolute Gasteiger partial charge is 0.251 e. The molecule has 3 amide bonds. The number of aryl methyl sites for hydroxylation is 2. The summed E-state index contributed by atoms with van der Waals surface area (Å²) in [5, 5.41) is 7.60. The van der Waals surface area contributed by atoms with Crippen molar-refractivity contribution in [3.05, 3.63) is 56.8 Å². The third kappa shape index (κ3) is 5.54. The van der Waals surface area contributed by atoms with E-state index in [0.29, 0.717) is 22.8 Å². The fourth-order valence-corrected chi connectivity index (χ4v) is 7.09. The highest BCUT2D eigenvalue weighted by Gasteiger charge is 2.69. The Hall–Kier alpha value is -3.73. The van der Waals surface area contributed by atoms with Gasteiger partial charge in [0, 0.05) is 35.1 Å². The monoisotopic (exact) mass is 592 g/mol. The van der Waals surface area contributed by atoms with E-state index in [9.17, 15) is 19.2 Å². The Bertz CT molecular complexity index is 1620. The lowest BCUT2D eigenvalue weighted by Gasteiger charge is -2.37. The quantitative estimate of drug-likeness (QED) is 0.316. The number of fused-ring (bicyclic) bond motifs is 2. The summed E-state index contributed by atoms with van der Waals surface area (Å²) in [7, 11) is 0. The molecule has 2 aliphatic rings. The Balaban J connectivity index is 1.40. The molecular weight excluding hydrogens is 552 g/mol. The number of nitrogens with one attached hydrogen (secondary N) is 3. The molecule has 5 atom stereocenters. The molecule has 0 radical (unpaired) electrons. The first-order valence-corrected chi connectivity index (χ1v) is 15.1. The summed E-state index contributed by atoms with van der Waals surface area (Å²) in [5.74, 6) is -1.25. The number of likely N-dealkylation sites (tertiary alicyclic amines) is 1. The summed E-state index contributed by atoms with van der Waals surface area (Å²) < 4.78 is 0. The van der Waals surface area contributed by atoms with E-state index in [1.807, 2.05) is 52.8 Å². The summed E-state index contributed by atoms with van der Waals surface area (Å²) in [6, 6.07) is 4.91. The number of hydrogen-bond donors (Lipinski definition) is 4. The maximum Gasteiger partial charge on any atom is 0.251 e. The van der Waals surface area contributed by atoms with Crippen molar-refractivity contribution in [3.63, 3.8) is 0 Å². The first kappa shape index (κ1) is 29.8. The lowest BCUT2D eigenvalue weighted by molar-refractivity contribution is -0.143. The van der Waals surface area contributed by atoms with E-state index in [2.05, 4.69) is 34.4 Å². The van der Waals surface area contributed by atoms with Crippen molar-refractivity contribution in [1.29, 1.82) is 0 Å². The van der Waals surface area contributed by atoms with Crippen molar-refractivity contribution < 1.29 is 14.4 Å². The van der Waals surface area contributed by atoms with Crippen LogP contribution in [0.15, 0.2) is 35.3 Å². The third-order valence-corrected chi connectivity index (χ3v) is 9.77. The van der Waals surface area contributed by atoms with E-state index in [1.54, 1.807) is 17.2 Å². The second-order valence-electron chi connectivity index (χ2n) is 13.5. The fraction of sp³-hybridized carbons (Fsp3) is 0.516.